The number of rotatable bonds is 5. The number of hydrogen-bond donors (Lipinski definition) is 1. The molecule has 2 heterocycles. The Morgan fingerprint density at radius 1 is 1.15 bits per heavy atom. The number of fused-ring (bicyclic) bond motifs is 1. The largest absolute Gasteiger partial charge is 0.306 e. The second-order valence-electron chi connectivity index (χ2n) is 6.77. The Morgan fingerprint density at radius 2 is 2.00 bits per heavy atom. The number of halogens is 1. The summed E-state index contributed by atoms with van der Waals surface area (Å²) >= 11 is 0. The number of hydrogen-bond acceptors (Lipinski definition) is 3. The number of aryl methyl sites for hydroxylation is 1. The molecular weight excluding hydrogens is 339 g/mol. The van der Waals surface area contributed by atoms with E-state index in [1.54, 1.807) is 29.2 Å². The summed E-state index contributed by atoms with van der Waals surface area (Å²) in [5.74, 6) is -0.281. The highest BCUT2D eigenvalue weighted by Gasteiger charge is 2.12. The van der Waals surface area contributed by atoms with Crippen LogP contribution in [0.4, 0.5) is 4.39 Å². The van der Waals surface area contributed by atoms with Gasteiger partial charge in [-0.15, -0.1) is 0 Å². The topological polar surface area (TPSA) is 42.7 Å². The molecule has 0 bridgehead atoms. The van der Waals surface area contributed by atoms with Crippen molar-refractivity contribution in [2.45, 2.75) is 26.4 Å². The highest BCUT2D eigenvalue weighted by molar-refractivity contribution is 5.81. The van der Waals surface area contributed by atoms with Crippen LogP contribution in [0.5, 0.6) is 0 Å². The summed E-state index contributed by atoms with van der Waals surface area (Å²) in [7, 11) is 0. The average molecular weight is 360 g/mol. The molecule has 0 amide bonds. The Hall–Kier alpha value is -3.05. The molecule has 0 aliphatic carbocycles. The van der Waals surface area contributed by atoms with Crippen molar-refractivity contribution in [1.82, 2.24) is 20.1 Å². The molecule has 1 atom stereocenters. The number of aromatic nitrogens is 3. The molecular formula is C22H21FN4. The van der Waals surface area contributed by atoms with Crippen LogP contribution in [-0.2, 0) is 6.54 Å². The van der Waals surface area contributed by atoms with Gasteiger partial charge in [-0.05, 0) is 48.7 Å². The normalized spacial score (nSPS) is 12.4. The summed E-state index contributed by atoms with van der Waals surface area (Å²) in [4.78, 5) is 4.48. The summed E-state index contributed by atoms with van der Waals surface area (Å²) in [5.41, 5.74) is 4.47. The monoisotopic (exact) mass is 360 g/mol. The number of pyridine rings is 1. The van der Waals surface area contributed by atoms with Gasteiger partial charge >= 0.3 is 0 Å². The molecule has 1 N–H and O–H groups in total. The highest BCUT2D eigenvalue weighted by Crippen LogP contribution is 2.21. The predicted molar refractivity (Wildman–Crippen MR) is 105 cm³/mol. The fourth-order valence-electron chi connectivity index (χ4n) is 3.21. The number of para-hydroxylation sites is 1. The van der Waals surface area contributed by atoms with Gasteiger partial charge in [0, 0.05) is 30.4 Å². The first-order valence-electron chi connectivity index (χ1n) is 8.99. The van der Waals surface area contributed by atoms with E-state index in [1.165, 1.54) is 0 Å². The molecule has 2 aromatic carbocycles. The minimum absolute atomic E-state index is 0.00637. The lowest BCUT2D eigenvalue weighted by Crippen LogP contribution is -2.18. The molecule has 0 spiro atoms. The van der Waals surface area contributed by atoms with Gasteiger partial charge in [0.05, 0.1) is 11.7 Å². The standard InChI is InChI=1S/C22H21FN4/c1-15-12-26-27(14-15)21-9-8-18(11-20(21)23)16(2)25-13-19-6-3-5-17-7-4-10-24-22(17)19/h3-12,14,16,25H,13H2,1-2H3. The lowest BCUT2D eigenvalue weighted by atomic mass is 10.1. The van der Waals surface area contributed by atoms with Gasteiger partial charge < -0.3 is 5.32 Å². The quantitative estimate of drug-likeness (QED) is 0.560. The summed E-state index contributed by atoms with van der Waals surface area (Å²) in [6.45, 7) is 4.63. The number of nitrogens with zero attached hydrogens (tertiary/aromatic N) is 3. The van der Waals surface area contributed by atoms with E-state index >= 15 is 0 Å². The molecule has 2 aromatic heterocycles. The van der Waals surface area contributed by atoms with E-state index in [0.29, 0.717) is 12.2 Å². The van der Waals surface area contributed by atoms with E-state index in [2.05, 4.69) is 33.6 Å². The molecule has 27 heavy (non-hydrogen) atoms. The van der Waals surface area contributed by atoms with E-state index in [1.807, 2.05) is 38.2 Å². The van der Waals surface area contributed by atoms with Crippen molar-refractivity contribution in [3.63, 3.8) is 0 Å². The summed E-state index contributed by atoms with van der Waals surface area (Å²) < 4.78 is 16.1. The van der Waals surface area contributed by atoms with Crippen molar-refractivity contribution in [2.75, 3.05) is 0 Å². The zero-order chi connectivity index (χ0) is 18.8. The minimum atomic E-state index is -0.281. The van der Waals surface area contributed by atoms with E-state index in [0.717, 1.165) is 27.6 Å². The van der Waals surface area contributed by atoms with Crippen molar-refractivity contribution in [3.8, 4) is 5.69 Å². The first-order chi connectivity index (χ1) is 13.1. The van der Waals surface area contributed by atoms with Crippen LogP contribution in [0.2, 0.25) is 0 Å². The average Bonchev–Trinajstić information content (AvgIpc) is 3.12. The zero-order valence-corrected chi connectivity index (χ0v) is 15.4. The smallest absolute Gasteiger partial charge is 0.149 e. The SMILES string of the molecule is Cc1cnn(-c2ccc(C(C)NCc3cccc4cccnc34)cc2F)c1. The Balaban J connectivity index is 1.51. The molecule has 0 fully saturated rings. The van der Waals surface area contributed by atoms with Gasteiger partial charge in [0.1, 0.15) is 11.5 Å². The molecule has 4 aromatic rings. The Labute approximate surface area is 157 Å². The van der Waals surface area contributed by atoms with Crippen LogP contribution >= 0.6 is 0 Å². The third-order valence-electron chi connectivity index (χ3n) is 4.75. The lowest BCUT2D eigenvalue weighted by Gasteiger charge is -2.16. The van der Waals surface area contributed by atoms with Crippen LogP contribution in [0.25, 0.3) is 16.6 Å². The molecule has 136 valence electrons. The van der Waals surface area contributed by atoms with Gasteiger partial charge in [0.15, 0.2) is 0 Å². The molecule has 0 aliphatic rings. The third-order valence-corrected chi connectivity index (χ3v) is 4.75. The van der Waals surface area contributed by atoms with Crippen LogP contribution in [-0.4, -0.2) is 14.8 Å². The van der Waals surface area contributed by atoms with Crippen molar-refractivity contribution in [3.05, 3.63) is 89.6 Å². The fraction of sp³-hybridized carbons (Fsp3) is 0.182. The predicted octanol–water partition coefficient (Wildman–Crippen LogP) is 4.72. The summed E-state index contributed by atoms with van der Waals surface area (Å²) in [6, 6.07) is 15.4. The minimum Gasteiger partial charge on any atom is -0.306 e. The van der Waals surface area contributed by atoms with Crippen molar-refractivity contribution in [1.29, 1.82) is 0 Å². The van der Waals surface area contributed by atoms with E-state index in [-0.39, 0.29) is 11.9 Å². The fourth-order valence-corrected chi connectivity index (χ4v) is 3.21. The molecule has 1 unspecified atom stereocenters. The summed E-state index contributed by atoms with van der Waals surface area (Å²) in [5, 5.41) is 8.77. The van der Waals surface area contributed by atoms with Crippen molar-refractivity contribution in [2.24, 2.45) is 0 Å². The first kappa shape index (κ1) is 17.4. The molecule has 5 heteroatoms. The van der Waals surface area contributed by atoms with Crippen LogP contribution in [0.3, 0.4) is 0 Å². The van der Waals surface area contributed by atoms with Crippen LogP contribution in [0, 0.1) is 12.7 Å². The van der Waals surface area contributed by atoms with Crippen LogP contribution < -0.4 is 5.32 Å². The van der Waals surface area contributed by atoms with E-state index in [4.69, 9.17) is 0 Å². The Bertz CT molecular complexity index is 1080. The lowest BCUT2D eigenvalue weighted by molar-refractivity contribution is 0.563. The molecule has 0 radical (unpaired) electrons. The number of benzene rings is 2. The third kappa shape index (κ3) is 3.59. The zero-order valence-electron chi connectivity index (χ0n) is 15.4. The van der Waals surface area contributed by atoms with Crippen molar-refractivity contribution < 1.29 is 4.39 Å². The summed E-state index contributed by atoms with van der Waals surface area (Å²) in [6.07, 6.45) is 5.34. The Morgan fingerprint density at radius 3 is 2.78 bits per heavy atom. The maximum atomic E-state index is 14.6. The molecule has 0 saturated heterocycles. The van der Waals surface area contributed by atoms with Gasteiger partial charge in [0.2, 0.25) is 0 Å². The van der Waals surface area contributed by atoms with Gasteiger partial charge in [-0.3, -0.25) is 4.98 Å². The maximum absolute atomic E-state index is 14.6. The van der Waals surface area contributed by atoms with Gasteiger partial charge in [-0.1, -0.05) is 30.3 Å². The van der Waals surface area contributed by atoms with Crippen molar-refractivity contribution >= 4 is 10.9 Å². The number of nitrogens with one attached hydrogen (secondary N) is 1. The van der Waals surface area contributed by atoms with E-state index < -0.39 is 0 Å². The molecule has 0 aliphatic heterocycles. The van der Waals surface area contributed by atoms with Crippen LogP contribution in [0.15, 0.2) is 67.1 Å². The maximum Gasteiger partial charge on any atom is 0.149 e. The second-order valence-corrected chi connectivity index (χ2v) is 6.77. The first-order valence-corrected chi connectivity index (χ1v) is 8.99. The van der Waals surface area contributed by atoms with Crippen LogP contribution in [0.1, 0.15) is 29.7 Å². The van der Waals surface area contributed by atoms with Gasteiger partial charge in [0.25, 0.3) is 0 Å². The second kappa shape index (κ2) is 7.29. The van der Waals surface area contributed by atoms with Gasteiger partial charge in [-0.2, -0.15) is 5.10 Å². The highest BCUT2D eigenvalue weighted by atomic mass is 19.1. The Kier molecular flexibility index (Phi) is 4.69. The molecule has 4 rings (SSSR count). The van der Waals surface area contributed by atoms with Gasteiger partial charge in [-0.25, -0.2) is 9.07 Å². The molecule has 0 saturated carbocycles. The van der Waals surface area contributed by atoms with E-state index in [9.17, 15) is 4.39 Å². The molecule has 4 nitrogen and oxygen atoms in total.